The molecule has 3 atom stereocenters. The van der Waals surface area contributed by atoms with Gasteiger partial charge in [0.05, 0.1) is 25.8 Å². The molecule has 1 aromatic rings. The van der Waals surface area contributed by atoms with Crippen LogP contribution in [-0.4, -0.2) is 84.7 Å². The summed E-state index contributed by atoms with van der Waals surface area (Å²) >= 11 is 1.36. The van der Waals surface area contributed by atoms with Crippen molar-refractivity contribution in [1.82, 2.24) is 15.1 Å². The van der Waals surface area contributed by atoms with Crippen LogP contribution in [0.15, 0.2) is 24.3 Å². The lowest BCUT2D eigenvalue weighted by molar-refractivity contribution is -0.131. The summed E-state index contributed by atoms with van der Waals surface area (Å²) in [6.07, 6.45) is 6.15. The molecule has 3 unspecified atom stereocenters. The fraction of sp³-hybridized carbons (Fsp3) is 0.542. The van der Waals surface area contributed by atoms with E-state index in [1.807, 2.05) is 19.1 Å². The van der Waals surface area contributed by atoms with E-state index in [9.17, 15) is 14.9 Å². The number of hydrogen-bond donors (Lipinski definition) is 2. The van der Waals surface area contributed by atoms with Gasteiger partial charge in [0, 0.05) is 38.4 Å². The van der Waals surface area contributed by atoms with Crippen LogP contribution in [0, 0.1) is 29.6 Å². The third kappa shape index (κ3) is 6.64. The molecule has 33 heavy (non-hydrogen) atoms. The van der Waals surface area contributed by atoms with Gasteiger partial charge in [-0.25, -0.2) is 0 Å². The van der Waals surface area contributed by atoms with Gasteiger partial charge in [0.15, 0.2) is 5.92 Å². The van der Waals surface area contributed by atoms with Crippen molar-refractivity contribution in [3.05, 3.63) is 29.8 Å². The number of carbonyl (C=O) groups excluding carboxylic acids is 2. The van der Waals surface area contributed by atoms with E-state index in [-0.39, 0.29) is 17.7 Å². The standard InChI is InChI=1S/C24H31N5O3S/c1-3-9-26-22(30)20(16-25)24-29(4-2)23(31)21(33-24)17-27-19-7-5-6-18(15-19)8-10-28-11-13-32-14-12-28/h1,5-7,15,20-21,24,27H,4,8-14,17H2,2H3,(H,26,30). The Morgan fingerprint density at radius 2 is 2.18 bits per heavy atom. The Labute approximate surface area is 200 Å². The summed E-state index contributed by atoms with van der Waals surface area (Å²) in [5, 5.41) is 14.6. The minimum absolute atomic E-state index is 0.0569. The van der Waals surface area contributed by atoms with Crippen molar-refractivity contribution in [2.24, 2.45) is 5.92 Å². The zero-order chi connectivity index (χ0) is 23.6. The Bertz CT molecular complexity index is 906. The molecule has 0 radical (unpaired) electrons. The van der Waals surface area contributed by atoms with Gasteiger partial charge in [-0.15, -0.1) is 18.2 Å². The molecule has 0 bridgehead atoms. The van der Waals surface area contributed by atoms with Crippen LogP contribution < -0.4 is 10.6 Å². The predicted molar refractivity (Wildman–Crippen MR) is 129 cm³/mol. The number of nitriles is 1. The zero-order valence-corrected chi connectivity index (χ0v) is 19.8. The molecule has 0 aromatic heterocycles. The number of morpholine rings is 1. The highest BCUT2D eigenvalue weighted by atomic mass is 32.2. The van der Waals surface area contributed by atoms with Crippen LogP contribution in [0.2, 0.25) is 0 Å². The first-order chi connectivity index (χ1) is 16.1. The van der Waals surface area contributed by atoms with Crippen LogP contribution >= 0.6 is 11.8 Å². The van der Waals surface area contributed by atoms with Crippen molar-refractivity contribution in [1.29, 1.82) is 5.26 Å². The van der Waals surface area contributed by atoms with E-state index in [1.54, 1.807) is 4.90 Å². The first-order valence-electron chi connectivity index (χ1n) is 11.3. The summed E-state index contributed by atoms with van der Waals surface area (Å²) in [5.41, 5.74) is 2.19. The minimum atomic E-state index is -0.972. The van der Waals surface area contributed by atoms with E-state index in [1.165, 1.54) is 17.3 Å². The number of hydrogen-bond acceptors (Lipinski definition) is 7. The number of nitrogens with zero attached hydrogens (tertiary/aromatic N) is 3. The number of anilines is 1. The molecule has 176 valence electrons. The van der Waals surface area contributed by atoms with E-state index in [2.05, 4.69) is 39.7 Å². The van der Waals surface area contributed by atoms with Gasteiger partial charge in [-0.2, -0.15) is 5.26 Å². The maximum atomic E-state index is 12.9. The molecule has 8 nitrogen and oxygen atoms in total. The maximum Gasteiger partial charge on any atom is 0.241 e. The molecule has 2 N–H and O–H groups in total. The highest BCUT2D eigenvalue weighted by Gasteiger charge is 2.45. The van der Waals surface area contributed by atoms with E-state index in [0.29, 0.717) is 13.1 Å². The van der Waals surface area contributed by atoms with Crippen molar-refractivity contribution in [2.45, 2.75) is 24.0 Å². The number of thioether (sulfide) groups is 1. The molecule has 9 heteroatoms. The fourth-order valence-corrected chi connectivity index (χ4v) is 5.51. The summed E-state index contributed by atoms with van der Waals surface area (Å²) < 4.78 is 5.40. The smallest absolute Gasteiger partial charge is 0.241 e. The summed E-state index contributed by atoms with van der Waals surface area (Å²) in [6.45, 7) is 7.29. The second-order valence-electron chi connectivity index (χ2n) is 7.95. The lowest BCUT2D eigenvalue weighted by atomic mass is 10.1. The molecule has 0 spiro atoms. The summed E-state index contributed by atoms with van der Waals surface area (Å²) in [4.78, 5) is 29.3. The van der Waals surface area contributed by atoms with E-state index >= 15 is 0 Å². The number of rotatable bonds is 10. The van der Waals surface area contributed by atoms with Gasteiger partial charge in [-0.1, -0.05) is 18.1 Å². The Balaban J connectivity index is 1.57. The van der Waals surface area contributed by atoms with E-state index in [4.69, 9.17) is 11.2 Å². The van der Waals surface area contributed by atoms with Crippen molar-refractivity contribution >= 4 is 29.3 Å². The van der Waals surface area contributed by atoms with Crippen LogP contribution in [0.25, 0.3) is 0 Å². The molecule has 2 aliphatic heterocycles. The largest absolute Gasteiger partial charge is 0.383 e. The zero-order valence-electron chi connectivity index (χ0n) is 19.0. The maximum absolute atomic E-state index is 12.9. The van der Waals surface area contributed by atoms with Crippen LogP contribution in [0.3, 0.4) is 0 Å². The summed E-state index contributed by atoms with van der Waals surface area (Å²) in [5.74, 6) is 0.858. The lowest BCUT2D eigenvalue weighted by Crippen LogP contribution is -2.44. The van der Waals surface area contributed by atoms with Gasteiger partial charge in [0.2, 0.25) is 11.8 Å². The number of amides is 2. The second kappa shape index (κ2) is 12.5. The van der Waals surface area contributed by atoms with Gasteiger partial charge >= 0.3 is 0 Å². The van der Waals surface area contributed by atoms with Gasteiger partial charge in [0.25, 0.3) is 0 Å². The molecule has 0 saturated carbocycles. The molecule has 1 aromatic carbocycles. The average Bonchev–Trinajstić information content (AvgIpc) is 3.16. The first kappa shape index (κ1) is 24.9. The molecule has 3 rings (SSSR count). The van der Waals surface area contributed by atoms with Gasteiger partial charge in [0.1, 0.15) is 10.6 Å². The van der Waals surface area contributed by atoms with Gasteiger partial charge in [-0.05, 0) is 31.0 Å². The number of benzene rings is 1. The molecule has 2 heterocycles. The predicted octanol–water partition coefficient (Wildman–Crippen LogP) is 1.15. The highest BCUT2D eigenvalue weighted by molar-refractivity contribution is 8.01. The normalized spacial score (nSPS) is 21.8. The SMILES string of the molecule is C#CCNC(=O)C(C#N)C1SC(CNc2cccc(CCN3CCOCC3)c2)C(=O)N1CC. The topological polar surface area (TPSA) is 97.7 Å². The third-order valence-corrected chi connectivity index (χ3v) is 7.32. The Morgan fingerprint density at radius 3 is 2.88 bits per heavy atom. The Kier molecular flexibility index (Phi) is 9.44. The fourth-order valence-electron chi connectivity index (χ4n) is 4.00. The van der Waals surface area contributed by atoms with Crippen molar-refractivity contribution in [3.63, 3.8) is 0 Å². The molecular formula is C24H31N5O3S. The summed E-state index contributed by atoms with van der Waals surface area (Å²) in [7, 11) is 0. The van der Waals surface area contributed by atoms with Gasteiger partial charge in [-0.3, -0.25) is 14.5 Å². The highest BCUT2D eigenvalue weighted by Crippen LogP contribution is 2.36. The first-order valence-corrected chi connectivity index (χ1v) is 12.2. The molecule has 2 aliphatic rings. The quantitative estimate of drug-likeness (QED) is 0.496. The number of terminal acetylenes is 1. The average molecular weight is 470 g/mol. The van der Waals surface area contributed by atoms with Crippen LogP contribution in [0.5, 0.6) is 0 Å². The van der Waals surface area contributed by atoms with E-state index < -0.39 is 17.2 Å². The summed E-state index contributed by atoms with van der Waals surface area (Å²) in [6, 6.07) is 10.3. The number of nitrogens with one attached hydrogen (secondary N) is 2. The van der Waals surface area contributed by atoms with Crippen molar-refractivity contribution in [3.8, 4) is 18.4 Å². The molecule has 2 amide bonds. The van der Waals surface area contributed by atoms with E-state index in [0.717, 1.165) is 45.0 Å². The van der Waals surface area contributed by atoms with Crippen LogP contribution in [0.4, 0.5) is 5.69 Å². The molecule has 2 saturated heterocycles. The van der Waals surface area contributed by atoms with Crippen LogP contribution in [0.1, 0.15) is 12.5 Å². The molecule has 2 fully saturated rings. The van der Waals surface area contributed by atoms with Crippen molar-refractivity contribution < 1.29 is 14.3 Å². The second-order valence-corrected chi connectivity index (χ2v) is 9.28. The Hall–Kier alpha value is -2.72. The minimum Gasteiger partial charge on any atom is -0.383 e. The van der Waals surface area contributed by atoms with Crippen LogP contribution in [-0.2, 0) is 20.7 Å². The third-order valence-electron chi connectivity index (χ3n) is 5.82. The Morgan fingerprint density at radius 1 is 1.39 bits per heavy atom. The number of carbonyl (C=O) groups is 2. The lowest BCUT2D eigenvalue weighted by Gasteiger charge is -2.26. The monoisotopic (exact) mass is 469 g/mol. The molecular weight excluding hydrogens is 438 g/mol. The number of ether oxygens (including phenoxy) is 1. The van der Waals surface area contributed by atoms with Gasteiger partial charge < -0.3 is 20.3 Å². The van der Waals surface area contributed by atoms with Crippen molar-refractivity contribution in [2.75, 3.05) is 57.8 Å². The molecule has 0 aliphatic carbocycles.